The normalized spacial score (nSPS) is 23.3. The predicted molar refractivity (Wildman–Crippen MR) is 66.9 cm³/mol. The van der Waals surface area contributed by atoms with Crippen molar-refractivity contribution in [1.29, 1.82) is 10.5 Å². The van der Waals surface area contributed by atoms with E-state index in [1.165, 1.54) is 12.2 Å². The van der Waals surface area contributed by atoms with Gasteiger partial charge in [0.2, 0.25) is 0 Å². The quantitative estimate of drug-likeness (QED) is 0.736. The molecule has 88 valence electrons. The maximum absolute atomic E-state index is 9.02. The molecular formula is C12H19N3S. The second-order valence-corrected chi connectivity index (χ2v) is 5.59. The number of hydrogen-bond donors (Lipinski definition) is 0. The third kappa shape index (κ3) is 4.43. The Morgan fingerprint density at radius 2 is 2.31 bits per heavy atom. The zero-order valence-electron chi connectivity index (χ0n) is 9.85. The number of hydrogen-bond acceptors (Lipinski definition) is 4. The van der Waals surface area contributed by atoms with Gasteiger partial charge in [-0.3, -0.25) is 0 Å². The Labute approximate surface area is 102 Å². The van der Waals surface area contributed by atoms with E-state index in [0.717, 1.165) is 24.9 Å². The predicted octanol–water partition coefficient (Wildman–Crippen LogP) is 2.26. The Hall–Kier alpha value is -0.710. The minimum atomic E-state index is 0.0280. The highest BCUT2D eigenvalue weighted by Gasteiger charge is 2.21. The zero-order valence-corrected chi connectivity index (χ0v) is 10.7. The molecule has 0 aliphatic carbocycles. The molecule has 0 amide bonds. The molecule has 0 aromatic rings. The molecule has 0 bridgehead atoms. The van der Waals surface area contributed by atoms with Gasteiger partial charge in [0.05, 0.1) is 18.1 Å². The van der Waals surface area contributed by atoms with Gasteiger partial charge in [0.1, 0.15) is 0 Å². The molecule has 0 unspecified atom stereocenters. The summed E-state index contributed by atoms with van der Waals surface area (Å²) < 4.78 is 0. The maximum atomic E-state index is 9.02. The summed E-state index contributed by atoms with van der Waals surface area (Å²) in [6, 6.07) is 4.43. The zero-order chi connectivity index (χ0) is 11.8. The molecule has 0 aromatic heterocycles. The molecule has 0 aromatic carbocycles. The molecule has 1 aliphatic rings. The van der Waals surface area contributed by atoms with Crippen LogP contribution in [0.25, 0.3) is 0 Å². The van der Waals surface area contributed by atoms with E-state index >= 15 is 0 Å². The van der Waals surface area contributed by atoms with Crippen LogP contribution in [0.1, 0.15) is 26.2 Å². The van der Waals surface area contributed by atoms with E-state index < -0.39 is 0 Å². The first-order valence-electron chi connectivity index (χ1n) is 5.90. The van der Waals surface area contributed by atoms with E-state index in [-0.39, 0.29) is 5.92 Å². The monoisotopic (exact) mass is 237 g/mol. The van der Waals surface area contributed by atoms with Crippen molar-refractivity contribution in [2.75, 3.05) is 25.4 Å². The molecule has 2 atom stereocenters. The highest BCUT2D eigenvalue weighted by molar-refractivity contribution is 8.00. The SMILES string of the molecule is CC[C@H]1CN(C[C@@H](C#N)CCC#N)CCS1. The van der Waals surface area contributed by atoms with Crippen molar-refractivity contribution < 1.29 is 0 Å². The minimum Gasteiger partial charge on any atom is -0.300 e. The van der Waals surface area contributed by atoms with Crippen LogP contribution in [-0.4, -0.2) is 35.5 Å². The van der Waals surface area contributed by atoms with Gasteiger partial charge in [-0.2, -0.15) is 22.3 Å². The summed E-state index contributed by atoms with van der Waals surface area (Å²) in [7, 11) is 0. The average Bonchev–Trinajstić information content (AvgIpc) is 2.34. The van der Waals surface area contributed by atoms with Crippen LogP contribution < -0.4 is 0 Å². The molecule has 1 aliphatic heterocycles. The first-order chi connectivity index (χ1) is 7.80. The first-order valence-corrected chi connectivity index (χ1v) is 6.95. The summed E-state index contributed by atoms with van der Waals surface area (Å²) in [5, 5.41) is 18.3. The molecule has 1 fully saturated rings. The van der Waals surface area contributed by atoms with E-state index in [4.69, 9.17) is 10.5 Å². The maximum Gasteiger partial charge on any atom is 0.0669 e. The van der Waals surface area contributed by atoms with E-state index in [1.807, 2.05) is 11.8 Å². The van der Waals surface area contributed by atoms with Gasteiger partial charge in [0.15, 0.2) is 0 Å². The van der Waals surface area contributed by atoms with Gasteiger partial charge in [0.25, 0.3) is 0 Å². The van der Waals surface area contributed by atoms with Gasteiger partial charge in [-0.05, 0) is 12.8 Å². The molecular weight excluding hydrogens is 218 g/mol. The fraction of sp³-hybridized carbons (Fsp3) is 0.833. The van der Waals surface area contributed by atoms with Crippen molar-refractivity contribution in [1.82, 2.24) is 4.90 Å². The standard InChI is InChI=1S/C12H19N3S/c1-2-12-10-15(6-7-16-12)9-11(8-14)4-3-5-13/h11-12H,2-4,6-7,9-10H2,1H3/t11-,12+/m1/s1. The second kappa shape index (κ2) is 7.54. The lowest BCUT2D eigenvalue weighted by Gasteiger charge is -2.32. The minimum absolute atomic E-state index is 0.0280. The third-order valence-electron chi connectivity index (χ3n) is 2.94. The largest absolute Gasteiger partial charge is 0.300 e. The van der Waals surface area contributed by atoms with Crippen LogP contribution in [-0.2, 0) is 0 Å². The van der Waals surface area contributed by atoms with Crippen LogP contribution in [0.3, 0.4) is 0 Å². The van der Waals surface area contributed by atoms with Crippen LogP contribution in [0.5, 0.6) is 0 Å². The van der Waals surface area contributed by atoms with Crippen molar-refractivity contribution in [3.05, 3.63) is 0 Å². The third-order valence-corrected chi connectivity index (χ3v) is 4.32. The van der Waals surface area contributed by atoms with Crippen molar-refractivity contribution in [2.24, 2.45) is 5.92 Å². The van der Waals surface area contributed by atoms with Crippen molar-refractivity contribution >= 4 is 11.8 Å². The molecule has 1 saturated heterocycles. The Balaban J connectivity index is 2.34. The topological polar surface area (TPSA) is 50.8 Å². The number of thioether (sulfide) groups is 1. The summed E-state index contributed by atoms with van der Waals surface area (Å²) >= 11 is 2.04. The van der Waals surface area contributed by atoms with Crippen LogP contribution in [0.15, 0.2) is 0 Å². The number of nitriles is 2. The fourth-order valence-corrected chi connectivity index (χ4v) is 3.19. The first kappa shape index (κ1) is 13.4. The lowest BCUT2D eigenvalue weighted by atomic mass is 10.0. The molecule has 0 N–H and O–H groups in total. The van der Waals surface area contributed by atoms with Gasteiger partial charge >= 0.3 is 0 Å². The van der Waals surface area contributed by atoms with Gasteiger partial charge in [0, 0.05) is 37.1 Å². The summed E-state index contributed by atoms with van der Waals surface area (Å²) in [5.41, 5.74) is 0. The van der Waals surface area contributed by atoms with Crippen molar-refractivity contribution in [3.63, 3.8) is 0 Å². The molecule has 16 heavy (non-hydrogen) atoms. The molecule has 1 rings (SSSR count). The van der Waals surface area contributed by atoms with E-state index in [2.05, 4.69) is 24.0 Å². The highest BCUT2D eigenvalue weighted by Crippen LogP contribution is 2.22. The van der Waals surface area contributed by atoms with Crippen LogP contribution >= 0.6 is 11.8 Å². The van der Waals surface area contributed by atoms with Crippen molar-refractivity contribution in [2.45, 2.75) is 31.4 Å². The van der Waals surface area contributed by atoms with Gasteiger partial charge in [-0.1, -0.05) is 6.92 Å². The molecule has 4 heteroatoms. The lowest BCUT2D eigenvalue weighted by Crippen LogP contribution is -2.40. The van der Waals surface area contributed by atoms with E-state index in [9.17, 15) is 0 Å². The van der Waals surface area contributed by atoms with Gasteiger partial charge in [-0.15, -0.1) is 0 Å². The van der Waals surface area contributed by atoms with Crippen LogP contribution in [0.2, 0.25) is 0 Å². The summed E-state index contributed by atoms with van der Waals surface area (Å²) in [4.78, 5) is 2.38. The fourth-order valence-electron chi connectivity index (χ4n) is 1.94. The Morgan fingerprint density at radius 1 is 1.50 bits per heavy atom. The summed E-state index contributed by atoms with van der Waals surface area (Å²) in [6.45, 7) is 5.26. The summed E-state index contributed by atoms with van der Waals surface area (Å²) in [6.07, 6.45) is 2.42. The second-order valence-electron chi connectivity index (χ2n) is 4.18. The molecule has 0 saturated carbocycles. The molecule has 1 heterocycles. The van der Waals surface area contributed by atoms with Crippen LogP contribution in [0.4, 0.5) is 0 Å². The average molecular weight is 237 g/mol. The molecule has 0 spiro atoms. The summed E-state index contributed by atoms with van der Waals surface area (Å²) in [5.74, 6) is 1.20. The van der Waals surface area contributed by atoms with Gasteiger partial charge < -0.3 is 4.90 Å². The number of rotatable bonds is 5. The number of nitrogens with zero attached hydrogens (tertiary/aromatic N) is 3. The van der Waals surface area contributed by atoms with Gasteiger partial charge in [-0.25, -0.2) is 0 Å². The lowest BCUT2D eigenvalue weighted by molar-refractivity contribution is 0.252. The highest BCUT2D eigenvalue weighted by atomic mass is 32.2. The van der Waals surface area contributed by atoms with Crippen molar-refractivity contribution in [3.8, 4) is 12.1 Å². The Kier molecular flexibility index (Phi) is 6.30. The van der Waals surface area contributed by atoms with E-state index in [0.29, 0.717) is 12.8 Å². The molecule has 0 radical (unpaired) electrons. The Bertz CT molecular complexity index is 279. The smallest absolute Gasteiger partial charge is 0.0669 e. The van der Waals surface area contributed by atoms with E-state index in [1.54, 1.807) is 0 Å². The van der Waals surface area contributed by atoms with Crippen LogP contribution in [0, 0.1) is 28.6 Å². The molecule has 3 nitrogen and oxygen atoms in total. The Morgan fingerprint density at radius 3 is 2.94 bits per heavy atom.